The van der Waals surface area contributed by atoms with Gasteiger partial charge in [0.25, 0.3) is 5.91 Å². The van der Waals surface area contributed by atoms with E-state index in [-0.39, 0.29) is 17.8 Å². The molecule has 0 radical (unpaired) electrons. The molecule has 1 amide bonds. The number of piperidine rings is 1. The van der Waals surface area contributed by atoms with Gasteiger partial charge in [0.2, 0.25) is 0 Å². The van der Waals surface area contributed by atoms with E-state index in [2.05, 4.69) is 0 Å². The van der Waals surface area contributed by atoms with Gasteiger partial charge < -0.3 is 15.1 Å². The Bertz CT molecular complexity index is 423. The number of aromatic hydroxyl groups is 1. The van der Waals surface area contributed by atoms with E-state index >= 15 is 0 Å². The molecule has 0 atom stereocenters. The van der Waals surface area contributed by atoms with Crippen molar-refractivity contribution in [3.8, 4) is 5.75 Å². The summed E-state index contributed by atoms with van der Waals surface area (Å²) in [5.41, 5.74) is 1.30. The van der Waals surface area contributed by atoms with Crippen LogP contribution in [-0.2, 0) is 0 Å². The summed E-state index contributed by atoms with van der Waals surface area (Å²) in [5.74, 6) is 0.176. The molecule has 4 nitrogen and oxygen atoms in total. The van der Waals surface area contributed by atoms with Gasteiger partial charge in [-0.2, -0.15) is 0 Å². The van der Waals surface area contributed by atoms with Gasteiger partial charge in [-0.3, -0.25) is 4.79 Å². The molecule has 4 heteroatoms. The highest BCUT2D eigenvalue weighted by Crippen LogP contribution is 2.19. The normalized spacial score (nSPS) is 17.2. The van der Waals surface area contributed by atoms with Crippen LogP contribution in [0.15, 0.2) is 18.2 Å². The standard InChI is InChI=1S/C13H17NO3/c1-9-8-10(2-3-12(9)16)13(17)14-6-4-11(15)5-7-14/h2-3,8,11,15-16H,4-7H2,1H3. The second kappa shape index (κ2) is 4.75. The van der Waals surface area contributed by atoms with Crippen molar-refractivity contribution in [3.05, 3.63) is 29.3 Å². The van der Waals surface area contributed by atoms with Crippen LogP contribution >= 0.6 is 0 Å². The van der Waals surface area contributed by atoms with E-state index in [1.165, 1.54) is 0 Å². The van der Waals surface area contributed by atoms with Gasteiger partial charge in [0, 0.05) is 18.7 Å². The molecule has 0 saturated carbocycles. The van der Waals surface area contributed by atoms with Crippen LogP contribution in [0, 0.1) is 6.92 Å². The van der Waals surface area contributed by atoms with Crippen LogP contribution in [0.25, 0.3) is 0 Å². The Morgan fingerprint density at radius 1 is 1.35 bits per heavy atom. The summed E-state index contributed by atoms with van der Waals surface area (Å²) in [5, 5.41) is 18.8. The number of aliphatic hydroxyl groups excluding tert-OH is 1. The van der Waals surface area contributed by atoms with Crippen molar-refractivity contribution < 1.29 is 15.0 Å². The van der Waals surface area contributed by atoms with Crippen molar-refractivity contribution >= 4 is 5.91 Å². The van der Waals surface area contributed by atoms with Crippen LogP contribution in [-0.4, -0.2) is 40.2 Å². The number of hydrogen-bond acceptors (Lipinski definition) is 3. The first kappa shape index (κ1) is 11.9. The summed E-state index contributed by atoms with van der Waals surface area (Å²) < 4.78 is 0. The van der Waals surface area contributed by atoms with Crippen LogP contribution in [0.2, 0.25) is 0 Å². The Morgan fingerprint density at radius 2 is 2.00 bits per heavy atom. The highest BCUT2D eigenvalue weighted by Gasteiger charge is 2.22. The van der Waals surface area contributed by atoms with E-state index in [4.69, 9.17) is 0 Å². The fourth-order valence-electron chi connectivity index (χ4n) is 2.04. The van der Waals surface area contributed by atoms with Gasteiger partial charge in [0.05, 0.1) is 6.10 Å². The van der Waals surface area contributed by atoms with Gasteiger partial charge >= 0.3 is 0 Å². The van der Waals surface area contributed by atoms with Crippen LogP contribution < -0.4 is 0 Å². The highest BCUT2D eigenvalue weighted by molar-refractivity contribution is 5.94. The molecule has 1 heterocycles. The number of amides is 1. The van der Waals surface area contributed by atoms with E-state index < -0.39 is 0 Å². The predicted octanol–water partition coefficient (Wildman–Crippen LogP) is 1.30. The minimum absolute atomic E-state index is 0.0278. The molecule has 0 aromatic heterocycles. The molecule has 0 bridgehead atoms. The Balaban J connectivity index is 2.11. The molecule has 2 N–H and O–H groups in total. The average molecular weight is 235 g/mol. The molecule has 92 valence electrons. The zero-order chi connectivity index (χ0) is 12.4. The van der Waals surface area contributed by atoms with Gasteiger partial charge in [-0.1, -0.05) is 0 Å². The lowest BCUT2D eigenvalue weighted by atomic mass is 10.1. The molecule has 1 aliphatic rings. The molecule has 1 aromatic rings. The number of aliphatic hydroxyl groups is 1. The van der Waals surface area contributed by atoms with Crippen molar-refractivity contribution in [1.82, 2.24) is 4.90 Å². The number of nitrogens with zero attached hydrogens (tertiary/aromatic N) is 1. The molecular weight excluding hydrogens is 218 g/mol. The highest BCUT2D eigenvalue weighted by atomic mass is 16.3. The van der Waals surface area contributed by atoms with Crippen LogP contribution in [0.1, 0.15) is 28.8 Å². The number of aryl methyl sites for hydroxylation is 1. The molecule has 0 unspecified atom stereocenters. The lowest BCUT2D eigenvalue weighted by molar-refractivity contribution is 0.0546. The maximum absolute atomic E-state index is 12.1. The monoisotopic (exact) mass is 235 g/mol. The first-order valence-corrected chi connectivity index (χ1v) is 5.85. The van der Waals surface area contributed by atoms with E-state index in [1.807, 2.05) is 0 Å². The number of hydrogen-bond donors (Lipinski definition) is 2. The first-order chi connectivity index (χ1) is 8.08. The predicted molar refractivity (Wildman–Crippen MR) is 64.0 cm³/mol. The Labute approximate surface area is 100 Å². The van der Waals surface area contributed by atoms with Gasteiger partial charge in [-0.15, -0.1) is 0 Å². The van der Waals surface area contributed by atoms with Gasteiger partial charge in [-0.05, 0) is 43.5 Å². The Kier molecular flexibility index (Phi) is 3.33. The Morgan fingerprint density at radius 3 is 2.59 bits per heavy atom. The third kappa shape index (κ3) is 2.58. The molecule has 1 fully saturated rings. The first-order valence-electron chi connectivity index (χ1n) is 5.85. The average Bonchev–Trinajstić information content (AvgIpc) is 2.33. The third-order valence-corrected chi connectivity index (χ3v) is 3.20. The quantitative estimate of drug-likeness (QED) is 0.771. The minimum Gasteiger partial charge on any atom is -0.508 e. The van der Waals surface area contributed by atoms with E-state index in [0.717, 1.165) is 0 Å². The van der Waals surface area contributed by atoms with Crippen LogP contribution in [0.5, 0.6) is 5.75 Å². The topological polar surface area (TPSA) is 60.8 Å². The maximum Gasteiger partial charge on any atom is 0.253 e. The summed E-state index contributed by atoms with van der Waals surface area (Å²) >= 11 is 0. The molecular formula is C13H17NO3. The van der Waals surface area contributed by atoms with E-state index in [9.17, 15) is 15.0 Å². The second-order valence-electron chi connectivity index (χ2n) is 4.52. The summed E-state index contributed by atoms with van der Waals surface area (Å²) in [4.78, 5) is 13.9. The number of phenols is 1. The maximum atomic E-state index is 12.1. The number of rotatable bonds is 1. The van der Waals surface area contributed by atoms with Gasteiger partial charge in [0.1, 0.15) is 5.75 Å². The summed E-state index contributed by atoms with van der Waals surface area (Å²) in [6.07, 6.45) is 1.01. The van der Waals surface area contributed by atoms with Gasteiger partial charge in [0.15, 0.2) is 0 Å². The van der Waals surface area contributed by atoms with Crippen molar-refractivity contribution in [2.24, 2.45) is 0 Å². The third-order valence-electron chi connectivity index (χ3n) is 3.20. The Hall–Kier alpha value is -1.55. The van der Waals surface area contributed by atoms with Crippen molar-refractivity contribution in [2.75, 3.05) is 13.1 Å². The zero-order valence-corrected chi connectivity index (χ0v) is 9.89. The molecule has 1 aromatic carbocycles. The molecule has 1 saturated heterocycles. The smallest absolute Gasteiger partial charge is 0.253 e. The van der Waals surface area contributed by atoms with Crippen molar-refractivity contribution in [3.63, 3.8) is 0 Å². The summed E-state index contributed by atoms with van der Waals surface area (Å²) in [7, 11) is 0. The lowest BCUT2D eigenvalue weighted by Crippen LogP contribution is -2.40. The molecule has 0 aliphatic carbocycles. The fourth-order valence-corrected chi connectivity index (χ4v) is 2.04. The summed E-state index contributed by atoms with van der Waals surface area (Å²) in [6.45, 7) is 2.96. The van der Waals surface area contributed by atoms with Crippen LogP contribution in [0.4, 0.5) is 0 Å². The molecule has 1 aliphatic heterocycles. The van der Waals surface area contributed by atoms with E-state index in [0.29, 0.717) is 37.1 Å². The number of carbonyl (C=O) groups excluding carboxylic acids is 1. The number of benzene rings is 1. The minimum atomic E-state index is -0.277. The SMILES string of the molecule is Cc1cc(C(=O)N2CCC(O)CC2)ccc1O. The largest absolute Gasteiger partial charge is 0.508 e. The molecule has 2 rings (SSSR count). The van der Waals surface area contributed by atoms with E-state index in [1.54, 1.807) is 30.0 Å². The lowest BCUT2D eigenvalue weighted by Gasteiger charge is -2.29. The van der Waals surface area contributed by atoms with Crippen molar-refractivity contribution in [2.45, 2.75) is 25.9 Å². The van der Waals surface area contributed by atoms with Gasteiger partial charge in [-0.25, -0.2) is 0 Å². The fraction of sp³-hybridized carbons (Fsp3) is 0.462. The van der Waals surface area contributed by atoms with Crippen molar-refractivity contribution in [1.29, 1.82) is 0 Å². The number of phenolic OH excluding ortho intramolecular Hbond substituents is 1. The zero-order valence-electron chi connectivity index (χ0n) is 9.89. The van der Waals surface area contributed by atoms with Crippen LogP contribution in [0.3, 0.4) is 0 Å². The molecule has 17 heavy (non-hydrogen) atoms. The number of likely N-dealkylation sites (tertiary alicyclic amines) is 1. The summed E-state index contributed by atoms with van der Waals surface area (Å²) in [6, 6.07) is 4.87. The number of carbonyl (C=O) groups is 1. The second-order valence-corrected chi connectivity index (χ2v) is 4.52. The molecule has 0 spiro atoms.